The number of aromatic nitrogens is 1. The van der Waals surface area contributed by atoms with Gasteiger partial charge in [0, 0.05) is 16.7 Å². The molecular formula is C49H67NO4. The first-order chi connectivity index (χ1) is 24.3. The lowest BCUT2D eigenvalue weighted by Gasteiger charge is -2.28. The minimum Gasteiger partial charge on any atom is -0.508 e. The van der Waals surface area contributed by atoms with Crippen molar-refractivity contribution in [3.8, 4) is 17.2 Å². The molecule has 0 amide bonds. The van der Waals surface area contributed by atoms with E-state index < -0.39 is 5.78 Å². The number of benzene rings is 3. The van der Waals surface area contributed by atoms with Crippen LogP contribution in [0.5, 0.6) is 5.75 Å². The van der Waals surface area contributed by atoms with Gasteiger partial charge in [0.25, 0.3) is 0 Å². The Morgan fingerprint density at radius 3 is 1.44 bits per heavy atom. The van der Waals surface area contributed by atoms with E-state index in [9.17, 15) is 14.7 Å². The summed E-state index contributed by atoms with van der Waals surface area (Å²) >= 11 is 0. The summed E-state index contributed by atoms with van der Waals surface area (Å²) in [5.74, 6) is 0.308. The first kappa shape index (κ1) is 44.1. The maximum Gasteiger partial charge on any atom is 0.229 e. The number of fused-ring (bicyclic) bond motifs is 1. The molecule has 1 aliphatic rings. The number of phenolic OH excluding ortho intramolecular Hbond substituents is 1. The summed E-state index contributed by atoms with van der Waals surface area (Å²) in [6, 6.07) is 20.4. The molecule has 0 saturated carbocycles. The minimum atomic E-state index is -0.391. The molecule has 54 heavy (non-hydrogen) atoms. The Hall–Kier alpha value is -4.25. The largest absolute Gasteiger partial charge is 0.508 e. The zero-order chi connectivity index (χ0) is 41.4. The molecule has 0 atom stereocenters. The van der Waals surface area contributed by atoms with E-state index in [1.165, 1.54) is 28.3 Å². The predicted molar refractivity (Wildman–Crippen MR) is 227 cm³/mol. The third kappa shape index (κ3) is 11.4. The molecule has 0 spiro atoms. The molecule has 4 aromatic rings. The van der Waals surface area contributed by atoms with Gasteiger partial charge in [0.15, 0.2) is 5.58 Å². The maximum absolute atomic E-state index is 11.8. The van der Waals surface area contributed by atoms with Gasteiger partial charge in [-0.15, -0.1) is 0 Å². The van der Waals surface area contributed by atoms with Gasteiger partial charge >= 0.3 is 0 Å². The number of Topliss-reactive ketones (excluding diaryl/α,β-unsaturated/α-hetero) is 1. The number of hydrogen-bond donors (Lipinski definition) is 1. The Labute approximate surface area is 326 Å². The van der Waals surface area contributed by atoms with E-state index in [0.29, 0.717) is 17.2 Å². The number of rotatable bonds is 1. The van der Waals surface area contributed by atoms with Crippen molar-refractivity contribution in [2.75, 3.05) is 0 Å². The molecule has 3 aromatic carbocycles. The monoisotopic (exact) mass is 734 g/mol. The lowest BCUT2D eigenvalue weighted by atomic mass is 9.74. The fourth-order valence-electron chi connectivity index (χ4n) is 5.80. The van der Waals surface area contributed by atoms with Crippen molar-refractivity contribution < 1.29 is 19.1 Å². The Kier molecular flexibility index (Phi) is 12.7. The SMILES string of the molecule is CC(C)(C)C1=CC(=O)C(=O)C(C(C)(C)C)=C1.CC(C)(C)c1cc(C(C)(C)C)c2oc(-c3ccccc3)nc2c1.CC(C)(C)c1cc(O)cc(C(C)(C)C)c1. The van der Waals surface area contributed by atoms with E-state index >= 15 is 0 Å². The number of carbonyl (C=O) groups excluding carboxylic acids is 2. The van der Waals surface area contributed by atoms with Gasteiger partial charge in [0.1, 0.15) is 11.3 Å². The normalized spacial score (nSPS) is 14.5. The molecule has 1 aromatic heterocycles. The molecule has 0 bridgehead atoms. The van der Waals surface area contributed by atoms with Gasteiger partial charge in [0.05, 0.1) is 0 Å². The fraction of sp³-hybridized carbons (Fsp3) is 0.490. The van der Waals surface area contributed by atoms with Crippen molar-refractivity contribution in [3.05, 3.63) is 106 Å². The zero-order valence-electron chi connectivity index (χ0n) is 36.5. The number of ketones is 2. The van der Waals surface area contributed by atoms with Crippen LogP contribution in [0.3, 0.4) is 0 Å². The first-order valence-corrected chi connectivity index (χ1v) is 19.2. The van der Waals surface area contributed by atoms with Crippen molar-refractivity contribution in [1.29, 1.82) is 0 Å². The lowest BCUT2D eigenvalue weighted by molar-refractivity contribution is -0.132. The molecule has 0 radical (unpaired) electrons. The lowest BCUT2D eigenvalue weighted by Crippen LogP contribution is -2.28. The van der Waals surface area contributed by atoms with E-state index in [-0.39, 0.29) is 38.3 Å². The Morgan fingerprint density at radius 2 is 1.02 bits per heavy atom. The second-order valence-corrected chi connectivity index (χ2v) is 20.9. The average molecular weight is 734 g/mol. The summed E-state index contributed by atoms with van der Waals surface area (Å²) < 4.78 is 6.17. The van der Waals surface area contributed by atoms with Crippen molar-refractivity contribution in [1.82, 2.24) is 4.98 Å². The highest BCUT2D eigenvalue weighted by molar-refractivity contribution is 6.48. The van der Waals surface area contributed by atoms with Crippen LogP contribution in [0.25, 0.3) is 22.6 Å². The first-order valence-electron chi connectivity index (χ1n) is 19.2. The highest BCUT2D eigenvalue weighted by Gasteiger charge is 2.33. The summed E-state index contributed by atoms with van der Waals surface area (Å²) in [4.78, 5) is 28.2. The highest BCUT2D eigenvalue weighted by atomic mass is 16.3. The van der Waals surface area contributed by atoms with Crippen LogP contribution in [0.1, 0.15) is 147 Å². The maximum atomic E-state index is 11.8. The minimum absolute atomic E-state index is 0.00695. The second-order valence-electron chi connectivity index (χ2n) is 20.9. The summed E-state index contributed by atoms with van der Waals surface area (Å²) in [7, 11) is 0. The third-order valence-corrected chi connectivity index (χ3v) is 9.56. The quantitative estimate of drug-likeness (QED) is 0.156. The molecule has 1 N–H and O–H groups in total. The molecule has 1 aliphatic carbocycles. The van der Waals surface area contributed by atoms with Gasteiger partial charge in [0.2, 0.25) is 17.5 Å². The zero-order valence-corrected chi connectivity index (χ0v) is 36.5. The van der Waals surface area contributed by atoms with Gasteiger partial charge < -0.3 is 9.52 Å². The van der Waals surface area contributed by atoms with Crippen LogP contribution in [-0.2, 0) is 31.2 Å². The molecule has 0 fully saturated rings. The van der Waals surface area contributed by atoms with Crippen molar-refractivity contribution >= 4 is 22.7 Å². The average Bonchev–Trinajstić information content (AvgIpc) is 3.44. The van der Waals surface area contributed by atoms with Gasteiger partial charge in [-0.05, 0) is 91.2 Å². The van der Waals surface area contributed by atoms with Crippen LogP contribution in [-0.4, -0.2) is 21.7 Å². The van der Waals surface area contributed by atoms with E-state index in [1.54, 1.807) is 0 Å². The standard InChI is InChI=1S/C21H25NO.C14H20O2.C14H22O/c1-20(2,3)15-12-16(21(4,5)6)18-17(13-15)22-19(23-18)14-10-8-7-9-11-14;1-13(2,3)9-7-10(14(4,5)6)12(16)11(15)8-9;1-13(2,3)10-7-11(14(4,5)6)9-12(15)8-10/h7-13H,1-6H3;7-8H,1-6H3;7-9,15H,1-6H3. The van der Waals surface area contributed by atoms with Crippen molar-refractivity contribution in [2.24, 2.45) is 10.8 Å². The molecule has 5 rings (SSSR count). The summed E-state index contributed by atoms with van der Waals surface area (Å²) in [5, 5.41) is 9.72. The van der Waals surface area contributed by atoms with Crippen molar-refractivity contribution in [3.63, 3.8) is 0 Å². The van der Waals surface area contributed by atoms with Crippen LogP contribution in [0.2, 0.25) is 0 Å². The van der Waals surface area contributed by atoms with E-state index in [4.69, 9.17) is 9.40 Å². The number of nitrogens with zero attached hydrogens (tertiary/aromatic N) is 1. The third-order valence-electron chi connectivity index (χ3n) is 9.56. The van der Waals surface area contributed by atoms with E-state index in [1.807, 2.05) is 90.1 Å². The number of hydrogen-bond acceptors (Lipinski definition) is 5. The van der Waals surface area contributed by atoms with Crippen LogP contribution in [0.15, 0.2) is 88.4 Å². The number of oxazole rings is 1. The topological polar surface area (TPSA) is 80.4 Å². The van der Waals surface area contributed by atoms with Crippen LogP contribution < -0.4 is 0 Å². The number of allylic oxidation sites excluding steroid dienone is 4. The molecule has 5 nitrogen and oxygen atoms in total. The van der Waals surface area contributed by atoms with E-state index in [2.05, 4.69) is 101 Å². The number of aromatic hydroxyl groups is 1. The second kappa shape index (κ2) is 15.5. The van der Waals surface area contributed by atoms with Crippen molar-refractivity contribution in [2.45, 2.75) is 146 Å². The molecule has 0 unspecified atom stereocenters. The smallest absolute Gasteiger partial charge is 0.229 e. The van der Waals surface area contributed by atoms with Crippen LogP contribution >= 0.6 is 0 Å². The van der Waals surface area contributed by atoms with E-state index in [0.717, 1.165) is 22.2 Å². The van der Waals surface area contributed by atoms with Gasteiger partial charge in [-0.25, -0.2) is 4.98 Å². The molecule has 0 aliphatic heterocycles. The molecular weight excluding hydrogens is 667 g/mol. The summed E-state index contributed by atoms with van der Waals surface area (Å²) in [5.41, 5.74) is 9.17. The fourth-order valence-corrected chi connectivity index (χ4v) is 5.80. The van der Waals surface area contributed by atoms with Crippen LogP contribution in [0.4, 0.5) is 0 Å². The molecule has 292 valence electrons. The number of carbonyl (C=O) groups is 2. The number of phenols is 1. The Bertz CT molecular complexity index is 2000. The summed E-state index contributed by atoms with van der Waals surface area (Å²) in [6.45, 7) is 38.3. The van der Waals surface area contributed by atoms with Gasteiger partial charge in [-0.3, -0.25) is 9.59 Å². The predicted octanol–water partition coefficient (Wildman–Crippen LogP) is 13.2. The molecule has 5 heteroatoms. The van der Waals surface area contributed by atoms with Crippen LogP contribution in [0, 0.1) is 10.8 Å². The molecule has 0 saturated heterocycles. The summed E-state index contributed by atoms with van der Waals surface area (Å²) in [6.07, 6.45) is 3.35. The Balaban J connectivity index is 0.000000226. The highest BCUT2D eigenvalue weighted by Crippen LogP contribution is 2.38. The van der Waals surface area contributed by atoms with Gasteiger partial charge in [-0.1, -0.05) is 161 Å². The molecule has 1 heterocycles. The van der Waals surface area contributed by atoms with Gasteiger partial charge in [-0.2, -0.15) is 0 Å². The Morgan fingerprint density at radius 1 is 0.537 bits per heavy atom.